The maximum Gasteiger partial charge on any atom is 0.406 e. The average molecular weight is 311 g/mol. The molecule has 0 radical (unpaired) electrons. The Labute approximate surface area is 105 Å². The van der Waals surface area contributed by atoms with Crippen LogP contribution in [0.15, 0.2) is 22.7 Å². The Morgan fingerprint density at radius 1 is 1.47 bits per heavy atom. The van der Waals surface area contributed by atoms with Crippen LogP contribution < -0.4 is 5.73 Å². The summed E-state index contributed by atoms with van der Waals surface area (Å²) < 4.78 is 37.0. The van der Waals surface area contributed by atoms with Crippen molar-refractivity contribution in [2.45, 2.75) is 6.18 Å². The molecule has 1 aromatic rings. The van der Waals surface area contributed by atoms with E-state index in [0.717, 1.165) is 7.05 Å². The average Bonchev–Trinajstić information content (AvgIpc) is 2.18. The van der Waals surface area contributed by atoms with Crippen molar-refractivity contribution >= 4 is 27.5 Å². The van der Waals surface area contributed by atoms with Gasteiger partial charge in [0.1, 0.15) is 6.54 Å². The topological polar surface area (TPSA) is 46.3 Å². The Bertz CT molecular complexity index is 434. The van der Waals surface area contributed by atoms with Gasteiger partial charge in [-0.05, 0) is 18.2 Å². The summed E-state index contributed by atoms with van der Waals surface area (Å²) in [5.41, 5.74) is 5.74. The van der Waals surface area contributed by atoms with Crippen LogP contribution in [0.2, 0.25) is 0 Å². The summed E-state index contributed by atoms with van der Waals surface area (Å²) in [5, 5.41) is 0. The summed E-state index contributed by atoms with van der Waals surface area (Å²) in [6.07, 6.45) is -4.43. The Morgan fingerprint density at radius 3 is 2.59 bits per heavy atom. The number of hydrogen-bond donors (Lipinski definition) is 1. The van der Waals surface area contributed by atoms with E-state index in [4.69, 9.17) is 5.73 Å². The van der Waals surface area contributed by atoms with E-state index in [-0.39, 0.29) is 11.3 Å². The first-order valence-corrected chi connectivity index (χ1v) is 5.37. The van der Waals surface area contributed by atoms with Gasteiger partial charge in [-0.3, -0.25) is 4.79 Å². The minimum Gasteiger partial charge on any atom is -0.398 e. The standard InChI is InChI=1S/C10H10BrF3N2O/c1-16(5-10(12,13)14)9(17)7-4-6(11)2-3-8(7)15/h2-4H,5,15H2,1H3. The minimum absolute atomic E-state index is 0.0473. The van der Waals surface area contributed by atoms with Crippen LogP contribution >= 0.6 is 15.9 Å². The molecule has 3 nitrogen and oxygen atoms in total. The number of nitrogens with two attached hydrogens (primary N) is 1. The van der Waals surface area contributed by atoms with Gasteiger partial charge in [0.15, 0.2) is 0 Å². The zero-order valence-electron chi connectivity index (χ0n) is 8.88. The fraction of sp³-hybridized carbons (Fsp3) is 0.300. The second-order valence-corrected chi connectivity index (χ2v) is 4.42. The van der Waals surface area contributed by atoms with Crippen molar-refractivity contribution < 1.29 is 18.0 Å². The van der Waals surface area contributed by atoms with Crippen molar-refractivity contribution in [3.05, 3.63) is 28.2 Å². The molecule has 0 heterocycles. The van der Waals surface area contributed by atoms with Crippen LogP contribution in [-0.4, -0.2) is 30.6 Å². The summed E-state index contributed by atoms with van der Waals surface area (Å²) in [7, 11) is 1.08. The highest BCUT2D eigenvalue weighted by atomic mass is 79.9. The van der Waals surface area contributed by atoms with Crippen LogP contribution in [0.25, 0.3) is 0 Å². The van der Waals surface area contributed by atoms with Crippen LogP contribution in [0.4, 0.5) is 18.9 Å². The third-order valence-corrected chi connectivity index (χ3v) is 2.50. The Balaban J connectivity index is 2.93. The van der Waals surface area contributed by atoms with E-state index in [1.54, 1.807) is 6.07 Å². The third kappa shape index (κ3) is 3.92. The fourth-order valence-electron chi connectivity index (χ4n) is 1.26. The van der Waals surface area contributed by atoms with Crippen molar-refractivity contribution in [1.29, 1.82) is 0 Å². The largest absolute Gasteiger partial charge is 0.406 e. The van der Waals surface area contributed by atoms with E-state index >= 15 is 0 Å². The molecule has 0 aliphatic rings. The number of carbonyl (C=O) groups is 1. The number of nitrogen functional groups attached to an aromatic ring is 1. The zero-order chi connectivity index (χ0) is 13.2. The highest BCUT2D eigenvalue weighted by Crippen LogP contribution is 2.22. The predicted molar refractivity (Wildman–Crippen MR) is 61.6 cm³/mol. The third-order valence-electron chi connectivity index (χ3n) is 2.01. The van der Waals surface area contributed by atoms with Gasteiger partial charge in [-0.15, -0.1) is 0 Å². The summed E-state index contributed by atoms with van der Waals surface area (Å²) >= 11 is 3.13. The molecule has 1 aromatic carbocycles. The predicted octanol–water partition coefficient (Wildman–Crippen LogP) is 2.67. The molecule has 94 valence electrons. The van der Waals surface area contributed by atoms with Crippen molar-refractivity contribution in [1.82, 2.24) is 4.90 Å². The summed E-state index contributed by atoms with van der Waals surface area (Å²) in [4.78, 5) is 12.3. The number of anilines is 1. The van der Waals surface area contributed by atoms with Crippen LogP contribution in [0.1, 0.15) is 10.4 Å². The van der Waals surface area contributed by atoms with Crippen molar-refractivity contribution in [3.8, 4) is 0 Å². The SMILES string of the molecule is CN(CC(F)(F)F)C(=O)c1cc(Br)ccc1N. The fourth-order valence-corrected chi connectivity index (χ4v) is 1.62. The molecule has 0 aromatic heterocycles. The lowest BCUT2D eigenvalue weighted by Crippen LogP contribution is -2.36. The highest BCUT2D eigenvalue weighted by Gasteiger charge is 2.31. The van der Waals surface area contributed by atoms with Crippen molar-refractivity contribution in [3.63, 3.8) is 0 Å². The highest BCUT2D eigenvalue weighted by molar-refractivity contribution is 9.10. The minimum atomic E-state index is -4.43. The van der Waals surface area contributed by atoms with Crippen molar-refractivity contribution in [2.75, 3.05) is 19.3 Å². The Hall–Kier alpha value is -1.24. The van der Waals surface area contributed by atoms with E-state index < -0.39 is 18.6 Å². The Kier molecular flexibility index (Phi) is 4.03. The van der Waals surface area contributed by atoms with Gasteiger partial charge in [0.25, 0.3) is 5.91 Å². The van der Waals surface area contributed by atoms with Gasteiger partial charge in [0.2, 0.25) is 0 Å². The number of nitrogens with zero attached hydrogens (tertiary/aromatic N) is 1. The molecule has 0 aliphatic heterocycles. The van der Waals surface area contributed by atoms with E-state index in [9.17, 15) is 18.0 Å². The monoisotopic (exact) mass is 310 g/mol. The molecular weight excluding hydrogens is 301 g/mol. The lowest BCUT2D eigenvalue weighted by Gasteiger charge is -2.19. The number of carbonyl (C=O) groups excluding carboxylic acids is 1. The molecule has 0 unspecified atom stereocenters. The molecule has 0 fully saturated rings. The molecule has 0 bridgehead atoms. The van der Waals surface area contributed by atoms with Crippen LogP contribution in [0.5, 0.6) is 0 Å². The van der Waals surface area contributed by atoms with Gasteiger partial charge >= 0.3 is 6.18 Å². The molecule has 17 heavy (non-hydrogen) atoms. The number of benzene rings is 1. The van der Waals surface area contributed by atoms with Crippen molar-refractivity contribution in [2.24, 2.45) is 0 Å². The number of amides is 1. The maximum atomic E-state index is 12.1. The Morgan fingerprint density at radius 2 is 2.06 bits per heavy atom. The summed E-state index contributed by atoms with van der Waals surface area (Å²) in [5.74, 6) is -0.763. The van der Waals surface area contributed by atoms with Crippen LogP contribution in [0.3, 0.4) is 0 Å². The lowest BCUT2D eigenvalue weighted by atomic mass is 10.1. The van der Waals surface area contributed by atoms with Gasteiger partial charge < -0.3 is 10.6 Å². The van der Waals surface area contributed by atoms with Crippen LogP contribution in [0, 0.1) is 0 Å². The van der Waals surface area contributed by atoms with Gasteiger partial charge in [-0.1, -0.05) is 15.9 Å². The quantitative estimate of drug-likeness (QED) is 0.854. The second-order valence-electron chi connectivity index (χ2n) is 3.51. The molecule has 2 N–H and O–H groups in total. The van der Waals surface area contributed by atoms with Crippen LogP contribution in [-0.2, 0) is 0 Å². The van der Waals surface area contributed by atoms with E-state index in [2.05, 4.69) is 15.9 Å². The molecule has 1 rings (SSSR count). The number of rotatable bonds is 2. The van der Waals surface area contributed by atoms with E-state index in [1.165, 1.54) is 12.1 Å². The smallest absolute Gasteiger partial charge is 0.398 e. The molecule has 0 aliphatic carbocycles. The maximum absolute atomic E-state index is 12.1. The zero-order valence-corrected chi connectivity index (χ0v) is 10.5. The molecule has 7 heteroatoms. The summed E-state index contributed by atoms with van der Waals surface area (Å²) in [6, 6.07) is 4.46. The number of alkyl halides is 3. The molecular formula is C10H10BrF3N2O. The first-order chi connectivity index (χ1) is 7.70. The van der Waals surface area contributed by atoms with E-state index in [0.29, 0.717) is 9.37 Å². The first-order valence-electron chi connectivity index (χ1n) is 4.58. The van der Waals surface area contributed by atoms with Gasteiger partial charge in [0.05, 0.1) is 5.56 Å². The van der Waals surface area contributed by atoms with Gasteiger partial charge in [-0.25, -0.2) is 0 Å². The molecule has 1 amide bonds. The molecule has 0 saturated heterocycles. The normalized spacial score (nSPS) is 11.4. The summed E-state index contributed by atoms with van der Waals surface area (Å²) in [6.45, 7) is -1.31. The second kappa shape index (κ2) is 4.95. The molecule has 0 spiro atoms. The van der Waals surface area contributed by atoms with Gasteiger partial charge in [-0.2, -0.15) is 13.2 Å². The first kappa shape index (κ1) is 13.8. The molecule has 0 saturated carbocycles. The lowest BCUT2D eigenvalue weighted by molar-refractivity contribution is -0.138. The number of halogens is 4. The number of hydrogen-bond acceptors (Lipinski definition) is 2. The molecule has 0 atom stereocenters. The van der Waals surface area contributed by atoms with Gasteiger partial charge in [0, 0.05) is 17.2 Å². The van der Waals surface area contributed by atoms with E-state index in [1.807, 2.05) is 0 Å².